The van der Waals surface area contributed by atoms with Gasteiger partial charge in [-0.05, 0) is 13.8 Å². The summed E-state index contributed by atoms with van der Waals surface area (Å²) in [7, 11) is 0. The van der Waals surface area contributed by atoms with E-state index in [-0.39, 0.29) is 18.1 Å². The second kappa shape index (κ2) is 6.15. The van der Waals surface area contributed by atoms with Crippen LogP contribution >= 0.6 is 0 Å². The minimum absolute atomic E-state index is 0.0280. The van der Waals surface area contributed by atoms with Crippen LogP contribution in [0.1, 0.15) is 26.1 Å². The van der Waals surface area contributed by atoms with Crippen molar-refractivity contribution in [3.63, 3.8) is 0 Å². The molecule has 1 aromatic heterocycles. The number of esters is 1. The van der Waals surface area contributed by atoms with Crippen molar-refractivity contribution >= 4 is 5.97 Å². The smallest absolute Gasteiger partial charge is 0.323 e. The summed E-state index contributed by atoms with van der Waals surface area (Å²) in [5, 5.41) is 0. The van der Waals surface area contributed by atoms with E-state index in [2.05, 4.69) is 26.3 Å². The van der Waals surface area contributed by atoms with Crippen molar-refractivity contribution in [2.45, 2.75) is 45.5 Å². The van der Waals surface area contributed by atoms with Crippen molar-refractivity contribution in [3.8, 4) is 0 Å². The van der Waals surface area contributed by atoms with Crippen molar-refractivity contribution in [3.05, 3.63) is 18.2 Å². The second-order valence-corrected chi connectivity index (χ2v) is 5.94. The Labute approximate surface area is 125 Å². The van der Waals surface area contributed by atoms with Crippen molar-refractivity contribution in [2.24, 2.45) is 0 Å². The maximum Gasteiger partial charge on any atom is 0.323 e. The number of ether oxygens (including phenoxy) is 1. The molecular formula is C15H24N4O2. The van der Waals surface area contributed by atoms with E-state index in [4.69, 9.17) is 4.74 Å². The number of nitrogens with zero attached hydrogens (tertiary/aromatic N) is 4. The summed E-state index contributed by atoms with van der Waals surface area (Å²) in [6.45, 7) is 9.78. The normalized spacial score (nSPS) is 28.0. The molecule has 0 aliphatic carbocycles. The van der Waals surface area contributed by atoms with Crippen LogP contribution < -0.4 is 0 Å². The van der Waals surface area contributed by atoms with Crippen molar-refractivity contribution in [2.75, 3.05) is 26.2 Å². The number of carbonyl (C=O) groups is 1. The van der Waals surface area contributed by atoms with Gasteiger partial charge >= 0.3 is 5.97 Å². The molecule has 3 heterocycles. The number of piperazine rings is 1. The van der Waals surface area contributed by atoms with Crippen LogP contribution in [0.2, 0.25) is 0 Å². The molecule has 6 heteroatoms. The van der Waals surface area contributed by atoms with Crippen LogP contribution in [0.5, 0.6) is 0 Å². The summed E-state index contributed by atoms with van der Waals surface area (Å²) in [5.74, 6) is 1.08. The summed E-state index contributed by atoms with van der Waals surface area (Å²) in [6.07, 6.45) is 4.79. The Morgan fingerprint density at radius 3 is 2.71 bits per heavy atom. The molecule has 1 aromatic rings. The fraction of sp³-hybridized carbons (Fsp3) is 0.733. The molecule has 0 spiro atoms. The van der Waals surface area contributed by atoms with Crippen molar-refractivity contribution < 1.29 is 9.53 Å². The predicted molar refractivity (Wildman–Crippen MR) is 78.7 cm³/mol. The molecule has 0 bridgehead atoms. The second-order valence-electron chi connectivity index (χ2n) is 5.94. The lowest BCUT2D eigenvalue weighted by Gasteiger charge is -2.36. The fourth-order valence-corrected chi connectivity index (χ4v) is 3.25. The SMILES string of the molecule is CCn1ccnc1CN1CCN([C@H]2C[C@@H](C)OC2=O)CC1. The van der Waals surface area contributed by atoms with Crippen molar-refractivity contribution in [1.82, 2.24) is 19.4 Å². The molecule has 116 valence electrons. The van der Waals surface area contributed by atoms with E-state index in [1.807, 2.05) is 19.3 Å². The molecule has 2 atom stereocenters. The average molecular weight is 292 g/mol. The van der Waals surface area contributed by atoms with Gasteiger partial charge in [-0.25, -0.2) is 4.98 Å². The Hall–Kier alpha value is -1.40. The first-order valence-electron chi connectivity index (χ1n) is 7.84. The lowest BCUT2D eigenvalue weighted by atomic mass is 10.1. The highest BCUT2D eigenvalue weighted by Gasteiger charge is 2.37. The topological polar surface area (TPSA) is 50.6 Å². The fourth-order valence-electron chi connectivity index (χ4n) is 3.25. The number of aryl methyl sites for hydroxylation is 1. The molecule has 0 aromatic carbocycles. The third-order valence-corrected chi connectivity index (χ3v) is 4.50. The maximum absolute atomic E-state index is 11.8. The molecule has 2 aliphatic heterocycles. The summed E-state index contributed by atoms with van der Waals surface area (Å²) >= 11 is 0. The number of cyclic esters (lactones) is 1. The van der Waals surface area contributed by atoms with Crippen LogP contribution in [-0.2, 0) is 22.6 Å². The number of imidazole rings is 1. The first-order valence-corrected chi connectivity index (χ1v) is 7.84. The summed E-state index contributed by atoms with van der Waals surface area (Å²) < 4.78 is 7.44. The van der Waals surface area contributed by atoms with Gasteiger partial charge in [0, 0.05) is 51.5 Å². The Bertz CT molecular complexity index is 494. The van der Waals surface area contributed by atoms with Crippen LogP contribution in [0.15, 0.2) is 12.4 Å². The van der Waals surface area contributed by atoms with E-state index in [1.54, 1.807) is 0 Å². The number of rotatable bonds is 4. The average Bonchev–Trinajstić information content (AvgIpc) is 3.06. The lowest BCUT2D eigenvalue weighted by molar-refractivity contribution is -0.145. The standard InChI is InChI=1S/C15H24N4O2/c1-3-18-5-4-16-14(18)11-17-6-8-19(9-7-17)13-10-12(2)21-15(13)20/h4-5,12-13H,3,6-11H2,1-2H3/t12-,13+/m1/s1. The summed E-state index contributed by atoms with van der Waals surface area (Å²) in [4.78, 5) is 20.9. The van der Waals surface area contributed by atoms with E-state index < -0.39 is 0 Å². The van der Waals surface area contributed by atoms with Gasteiger partial charge in [0.15, 0.2) is 0 Å². The Balaban J connectivity index is 1.52. The molecule has 6 nitrogen and oxygen atoms in total. The predicted octanol–water partition coefficient (Wildman–Crippen LogP) is 0.725. The maximum atomic E-state index is 11.8. The van der Waals surface area contributed by atoms with Gasteiger partial charge in [-0.3, -0.25) is 14.6 Å². The Morgan fingerprint density at radius 1 is 1.33 bits per heavy atom. The zero-order chi connectivity index (χ0) is 14.8. The molecule has 0 unspecified atom stereocenters. The van der Waals surface area contributed by atoms with Gasteiger partial charge in [0.05, 0.1) is 6.54 Å². The van der Waals surface area contributed by atoms with Gasteiger partial charge in [0.25, 0.3) is 0 Å². The van der Waals surface area contributed by atoms with Gasteiger partial charge in [-0.15, -0.1) is 0 Å². The summed E-state index contributed by atoms with van der Waals surface area (Å²) in [5.41, 5.74) is 0. The highest BCUT2D eigenvalue weighted by atomic mass is 16.6. The molecular weight excluding hydrogens is 268 g/mol. The molecule has 0 N–H and O–H groups in total. The molecule has 0 amide bonds. The van der Waals surface area contributed by atoms with Crippen LogP contribution in [0.4, 0.5) is 0 Å². The lowest BCUT2D eigenvalue weighted by Crippen LogP contribution is -2.51. The van der Waals surface area contributed by atoms with Crippen LogP contribution in [0.3, 0.4) is 0 Å². The van der Waals surface area contributed by atoms with E-state index in [0.29, 0.717) is 0 Å². The van der Waals surface area contributed by atoms with Crippen molar-refractivity contribution in [1.29, 1.82) is 0 Å². The van der Waals surface area contributed by atoms with E-state index in [9.17, 15) is 4.79 Å². The molecule has 21 heavy (non-hydrogen) atoms. The quantitative estimate of drug-likeness (QED) is 0.766. The Kier molecular flexibility index (Phi) is 4.26. The minimum Gasteiger partial charge on any atom is -0.461 e. The van der Waals surface area contributed by atoms with Gasteiger partial charge in [-0.2, -0.15) is 0 Å². The number of hydrogen-bond donors (Lipinski definition) is 0. The van der Waals surface area contributed by atoms with Gasteiger partial charge in [-0.1, -0.05) is 0 Å². The zero-order valence-electron chi connectivity index (χ0n) is 12.9. The van der Waals surface area contributed by atoms with E-state index in [0.717, 1.165) is 51.5 Å². The highest BCUT2D eigenvalue weighted by Crippen LogP contribution is 2.21. The molecule has 0 radical (unpaired) electrons. The first-order chi connectivity index (χ1) is 10.2. The van der Waals surface area contributed by atoms with E-state index in [1.165, 1.54) is 0 Å². The number of aromatic nitrogens is 2. The molecule has 2 saturated heterocycles. The monoisotopic (exact) mass is 292 g/mol. The van der Waals surface area contributed by atoms with Crippen LogP contribution in [-0.4, -0.2) is 63.6 Å². The van der Waals surface area contributed by atoms with E-state index >= 15 is 0 Å². The third-order valence-electron chi connectivity index (χ3n) is 4.50. The molecule has 0 saturated carbocycles. The highest BCUT2D eigenvalue weighted by molar-refractivity contribution is 5.78. The van der Waals surface area contributed by atoms with Crippen LogP contribution in [0, 0.1) is 0 Å². The largest absolute Gasteiger partial charge is 0.461 e. The molecule has 2 aliphatic rings. The zero-order valence-corrected chi connectivity index (χ0v) is 12.9. The Morgan fingerprint density at radius 2 is 2.10 bits per heavy atom. The van der Waals surface area contributed by atoms with Gasteiger partial charge in [0.2, 0.25) is 0 Å². The minimum atomic E-state index is -0.0440. The van der Waals surface area contributed by atoms with Gasteiger partial charge in [0.1, 0.15) is 18.0 Å². The summed E-state index contributed by atoms with van der Waals surface area (Å²) in [6, 6.07) is -0.0280. The molecule has 3 rings (SSSR count). The van der Waals surface area contributed by atoms with Gasteiger partial charge < -0.3 is 9.30 Å². The third kappa shape index (κ3) is 3.11. The van der Waals surface area contributed by atoms with Crippen LogP contribution in [0.25, 0.3) is 0 Å². The number of carbonyl (C=O) groups excluding carboxylic acids is 1. The molecule has 2 fully saturated rings. The number of hydrogen-bond acceptors (Lipinski definition) is 5. The first kappa shape index (κ1) is 14.5.